The van der Waals surface area contributed by atoms with Gasteiger partial charge in [-0.3, -0.25) is 4.79 Å². The first-order chi connectivity index (χ1) is 14.7. The fraction of sp³-hybridized carbons (Fsp3) is 0.143. The smallest absolute Gasteiger partial charge is 0.283 e. The first-order valence-electron chi connectivity index (χ1n) is 9.12. The number of fused-ring (bicyclic) bond motifs is 1. The molecule has 0 aliphatic rings. The summed E-state index contributed by atoms with van der Waals surface area (Å²) in [5.41, 5.74) is 3.13. The molecule has 8 nitrogen and oxygen atoms in total. The molecule has 31 heavy (non-hydrogen) atoms. The third kappa shape index (κ3) is 4.42. The van der Waals surface area contributed by atoms with Crippen LogP contribution in [0.25, 0.3) is 22.2 Å². The van der Waals surface area contributed by atoms with E-state index in [9.17, 15) is 13.2 Å². The van der Waals surface area contributed by atoms with E-state index >= 15 is 0 Å². The van der Waals surface area contributed by atoms with Gasteiger partial charge in [-0.05, 0) is 36.4 Å². The average Bonchev–Trinajstić information content (AvgIpc) is 3.35. The molecular weight excluding hydrogens is 442 g/mol. The Kier molecular flexibility index (Phi) is 5.47. The monoisotopic (exact) mass is 459 g/mol. The maximum absolute atomic E-state index is 12.2. The van der Waals surface area contributed by atoms with Crippen LogP contribution < -0.4 is 9.46 Å². The Bertz CT molecular complexity index is 1380. The van der Waals surface area contributed by atoms with Crippen molar-refractivity contribution in [3.63, 3.8) is 0 Å². The number of benzene rings is 1. The van der Waals surface area contributed by atoms with Gasteiger partial charge in [0.2, 0.25) is 10.0 Å². The minimum absolute atomic E-state index is 0.00366. The highest BCUT2D eigenvalue weighted by Crippen LogP contribution is 2.35. The lowest BCUT2D eigenvalue weighted by Crippen LogP contribution is -2.30. The summed E-state index contributed by atoms with van der Waals surface area (Å²) in [6.45, 7) is 0.312. The molecule has 160 valence electrons. The minimum atomic E-state index is -3.69. The summed E-state index contributed by atoms with van der Waals surface area (Å²) in [7, 11) is -2.14. The summed E-state index contributed by atoms with van der Waals surface area (Å²) in [4.78, 5) is 16.5. The Morgan fingerprint density at radius 3 is 2.74 bits per heavy atom. The van der Waals surface area contributed by atoms with E-state index in [1.54, 1.807) is 37.8 Å². The number of carbonyl (C=O) groups excluding carboxylic acids is 1. The van der Waals surface area contributed by atoms with E-state index < -0.39 is 15.9 Å². The molecule has 0 aliphatic heterocycles. The number of nitrogens with zero attached hydrogens (tertiary/aromatic N) is 2. The normalized spacial score (nSPS) is 11.6. The van der Waals surface area contributed by atoms with Gasteiger partial charge in [0.15, 0.2) is 0 Å². The molecule has 4 aromatic rings. The number of aromatic nitrogens is 2. The van der Waals surface area contributed by atoms with Gasteiger partial charge in [0.1, 0.15) is 11.4 Å². The van der Waals surface area contributed by atoms with Crippen LogP contribution in [0.1, 0.15) is 16.2 Å². The third-order valence-electron chi connectivity index (χ3n) is 4.63. The number of pyridine rings is 1. The Hall–Kier alpha value is -3.30. The second kappa shape index (κ2) is 8.09. The second-order valence-corrected chi connectivity index (χ2v) is 9.05. The van der Waals surface area contributed by atoms with Gasteiger partial charge in [-0.1, -0.05) is 17.7 Å². The van der Waals surface area contributed by atoms with E-state index in [4.69, 9.17) is 20.8 Å². The first kappa shape index (κ1) is 21.0. The number of amides is 1. The fourth-order valence-electron chi connectivity index (χ4n) is 3.32. The van der Waals surface area contributed by atoms with Crippen LogP contribution in [0.5, 0.6) is 5.75 Å². The highest BCUT2D eigenvalue weighted by molar-refractivity contribution is 7.89. The van der Waals surface area contributed by atoms with Gasteiger partial charge in [-0.2, -0.15) is 0 Å². The molecule has 0 unspecified atom stereocenters. The van der Waals surface area contributed by atoms with Crippen LogP contribution in [-0.4, -0.2) is 37.2 Å². The van der Waals surface area contributed by atoms with Crippen molar-refractivity contribution < 1.29 is 22.4 Å². The number of rotatable bonds is 6. The number of carbonyl (C=O) groups is 1. The molecule has 0 atom stereocenters. The Morgan fingerprint density at radius 1 is 1.26 bits per heavy atom. The summed E-state index contributed by atoms with van der Waals surface area (Å²) < 4.78 is 37.2. The Labute approximate surface area is 183 Å². The van der Waals surface area contributed by atoms with Crippen LogP contribution in [-0.2, 0) is 16.6 Å². The van der Waals surface area contributed by atoms with Crippen LogP contribution in [0.4, 0.5) is 0 Å². The van der Waals surface area contributed by atoms with Crippen molar-refractivity contribution in [2.45, 2.75) is 6.54 Å². The van der Waals surface area contributed by atoms with Crippen molar-refractivity contribution in [3.05, 3.63) is 71.4 Å². The number of hydrogen-bond donors (Lipinski definition) is 1. The lowest BCUT2D eigenvalue weighted by Gasteiger charge is -2.11. The zero-order chi connectivity index (χ0) is 22.2. The van der Waals surface area contributed by atoms with E-state index in [1.165, 1.54) is 6.07 Å². The van der Waals surface area contributed by atoms with Gasteiger partial charge in [0.25, 0.3) is 5.91 Å². The van der Waals surface area contributed by atoms with Crippen molar-refractivity contribution in [1.29, 1.82) is 0 Å². The van der Waals surface area contributed by atoms with Gasteiger partial charge in [-0.25, -0.2) is 18.1 Å². The SMILES string of the molecule is COc1cc2cc(-c3ccoc3)n(Cc3cccc(C(=O)NS(C)(=O)=O)n3)c2cc1Cl. The van der Waals surface area contributed by atoms with Crippen molar-refractivity contribution in [1.82, 2.24) is 14.3 Å². The number of methoxy groups -OCH3 is 1. The summed E-state index contributed by atoms with van der Waals surface area (Å²) >= 11 is 6.36. The fourth-order valence-corrected chi connectivity index (χ4v) is 3.99. The summed E-state index contributed by atoms with van der Waals surface area (Å²) in [6, 6.07) is 12.3. The molecule has 3 aromatic heterocycles. The van der Waals surface area contributed by atoms with Crippen LogP contribution >= 0.6 is 11.6 Å². The molecule has 1 N–H and O–H groups in total. The average molecular weight is 460 g/mol. The Morgan fingerprint density at radius 2 is 2.06 bits per heavy atom. The highest BCUT2D eigenvalue weighted by atomic mass is 35.5. The molecule has 0 aliphatic carbocycles. The van der Waals surface area contributed by atoms with Crippen LogP contribution in [0.2, 0.25) is 5.02 Å². The summed E-state index contributed by atoms with van der Waals surface area (Å²) in [5, 5.41) is 1.37. The molecule has 0 bridgehead atoms. The molecule has 0 fully saturated rings. The van der Waals surface area contributed by atoms with E-state index in [0.29, 0.717) is 23.0 Å². The van der Waals surface area contributed by atoms with Gasteiger partial charge < -0.3 is 13.7 Å². The molecule has 4 rings (SSSR count). The lowest BCUT2D eigenvalue weighted by atomic mass is 10.2. The molecule has 0 spiro atoms. The van der Waals surface area contributed by atoms with Gasteiger partial charge in [0.05, 0.1) is 54.4 Å². The Balaban J connectivity index is 1.79. The first-order valence-corrected chi connectivity index (χ1v) is 11.4. The quantitative estimate of drug-likeness (QED) is 0.471. The largest absolute Gasteiger partial charge is 0.495 e. The van der Waals surface area contributed by atoms with Gasteiger partial charge in [0, 0.05) is 10.9 Å². The number of halogens is 1. The van der Waals surface area contributed by atoms with E-state index in [-0.39, 0.29) is 5.69 Å². The van der Waals surface area contributed by atoms with E-state index in [2.05, 4.69) is 4.98 Å². The van der Waals surface area contributed by atoms with Crippen LogP contribution in [0, 0.1) is 0 Å². The zero-order valence-electron chi connectivity index (χ0n) is 16.6. The van der Waals surface area contributed by atoms with Crippen LogP contribution in [0.15, 0.2) is 59.4 Å². The molecule has 0 saturated heterocycles. The maximum atomic E-state index is 12.2. The summed E-state index contributed by atoms with van der Waals surface area (Å²) in [6.07, 6.45) is 4.13. The number of ether oxygens (including phenoxy) is 1. The third-order valence-corrected chi connectivity index (χ3v) is 5.48. The molecule has 1 amide bonds. The second-order valence-electron chi connectivity index (χ2n) is 6.89. The van der Waals surface area contributed by atoms with E-state index in [0.717, 1.165) is 28.4 Å². The summed E-state index contributed by atoms with van der Waals surface area (Å²) in [5.74, 6) is -0.229. The predicted octanol–water partition coefficient (Wildman–Crippen LogP) is 3.70. The van der Waals surface area contributed by atoms with Crippen molar-refractivity contribution in [2.75, 3.05) is 13.4 Å². The standard InChI is InChI=1S/C21H18ClN3O5S/c1-29-20-9-14-8-18(13-6-7-30-12-13)25(19(14)10-16(20)22)11-15-4-3-5-17(23-15)21(26)24-31(2,27)28/h3-10,12H,11H2,1-2H3,(H,24,26). The van der Waals surface area contributed by atoms with E-state index in [1.807, 2.05) is 27.5 Å². The molecule has 0 radical (unpaired) electrons. The molecule has 3 heterocycles. The zero-order valence-corrected chi connectivity index (χ0v) is 18.2. The van der Waals surface area contributed by atoms with Crippen molar-refractivity contribution in [2.24, 2.45) is 0 Å². The number of furan rings is 1. The number of nitrogens with one attached hydrogen (secondary N) is 1. The van der Waals surface area contributed by atoms with Gasteiger partial charge in [-0.15, -0.1) is 0 Å². The van der Waals surface area contributed by atoms with Crippen molar-refractivity contribution >= 4 is 38.4 Å². The molecular formula is C21H18ClN3O5S. The van der Waals surface area contributed by atoms with Crippen molar-refractivity contribution in [3.8, 4) is 17.0 Å². The lowest BCUT2D eigenvalue weighted by molar-refractivity contribution is 0.0976. The van der Waals surface area contributed by atoms with Crippen LogP contribution in [0.3, 0.4) is 0 Å². The highest BCUT2D eigenvalue weighted by Gasteiger charge is 2.17. The molecule has 1 aromatic carbocycles. The maximum Gasteiger partial charge on any atom is 0.283 e. The number of sulfonamides is 1. The molecule has 0 saturated carbocycles. The number of hydrogen-bond acceptors (Lipinski definition) is 6. The molecule has 10 heteroatoms. The predicted molar refractivity (Wildman–Crippen MR) is 117 cm³/mol. The van der Waals surface area contributed by atoms with Gasteiger partial charge >= 0.3 is 0 Å². The minimum Gasteiger partial charge on any atom is -0.495 e. The topological polar surface area (TPSA) is 103 Å².